The highest BCUT2D eigenvalue weighted by atomic mass is 79.9. The van der Waals surface area contributed by atoms with Crippen LogP contribution in [-0.2, 0) is 10.2 Å². The largest absolute Gasteiger partial charge is 0.481 e. The Morgan fingerprint density at radius 1 is 1.35 bits per heavy atom. The van der Waals surface area contributed by atoms with E-state index in [4.69, 9.17) is 10.5 Å². The second kappa shape index (κ2) is 4.99. The summed E-state index contributed by atoms with van der Waals surface area (Å²) in [4.78, 5) is 11.4. The van der Waals surface area contributed by atoms with Gasteiger partial charge in [0.2, 0.25) is 0 Å². The van der Waals surface area contributed by atoms with Gasteiger partial charge in [-0.25, -0.2) is 0 Å². The first-order valence-electron chi connectivity index (χ1n) is 4.75. The van der Waals surface area contributed by atoms with Crippen LogP contribution >= 0.6 is 15.9 Å². The molecule has 0 saturated carbocycles. The van der Waals surface area contributed by atoms with Gasteiger partial charge in [0.15, 0.2) is 5.92 Å². The fourth-order valence-electron chi connectivity index (χ4n) is 1.50. The molecule has 0 saturated heterocycles. The number of carboxylic acid groups (broad SMARTS) is 1. The maximum atomic E-state index is 11.4. The average molecular weight is 293 g/mol. The van der Waals surface area contributed by atoms with Gasteiger partial charge >= 0.3 is 5.97 Å². The molecule has 0 bridgehead atoms. The third-order valence-electron chi connectivity index (χ3n) is 2.72. The highest BCUT2D eigenvalue weighted by Crippen LogP contribution is 2.32. The van der Waals surface area contributed by atoms with Crippen molar-refractivity contribution < 1.29 is 9.90 Å². The van der Waals surface area contributed by atoms with Crippen LogP contribution < -0.4 is 0 Å². The molecule has 0 aromatic heterocycles. The van der Waals surface area contributed by atoms with Crippen LogP contribution in [0.5, 0.6) is 0 Å². The van der Waals surface area contributed by atoms with Crippen LogP contribution in [0.25, 0.3) is 0 Å². The zero-order valence-corrected chi connectivity index (χ0v) is 10.6. The monoisotopic (exact) mass is 292 g/mol. The minimum atomic E-state index is -1.52. The molecule has 17 heavy (non-hydrogen) atoms. The molecule has 1 rings (SSSR count). The molecule has 4 nitrogen and oxygen atoms in total. The molecule has 0 amide bonds. The van der Waals surface area contributed by atoms with Gasteiger partial charge in [-0.15, -0.1) is 0 Å². The number of rotatable bonds is 3. The molecule has 1 atom stereocenters. The van der Waals surface area contributed by atoms with Crippen molar-refractivity contribution in [3.05, 3.63) is 34.3 Å². The van der Waals surface area contributed by atoms with Crippen LogP contribution in [0.4, 0.5) is 0 Å². The van der Waals surface area contributed by atoms with Gasteiger partial charge < -0.3 is 5.11 Å². The Morgan fingerprint density at radius 2 is 1.82 bits per heavy atom. The van der Waals surface area contributed by atoms with Crippen molar-refractivity contribution in [1.82, 2.24) is 0 Å². The number of carboxylic acids is 1. The summed E-state index contributed by atoms with van der Waals surface area (Å²) in [6.45, 7) is 1.38. The molecular formula is C12H9BrN2O2. The molecule has 1 aromatic carbocycles. The second-order valence-corrected chi connectivity index (χ2v) is 4.62. The van der Waals surface area contributed by atoms with E-state index in [1.165, 1.54) is 6.92 Å². The summed E-state index contributed by atoms with van der Waals surface area (Å²) < 4.78 is 0.805. The Kier molecular flexibility index (Phi) is 3.88. The summed E-state index contributed by atoms with van der Waals surface area (Å²) in [7, 11) is 0. The predicted molar refractivity (Wildman–Crippen MR) is 63.8 cm³/mol. The fourth-order valence-corrected chi connectivity index (χ4v) is 1.76. The third kappa shape index (κ3) is 2.30. The number of nitriles is 2. The van der Waals surface area contributed by atoms with Gasteiger partial charge in [0.05, 0.1) is 12.1 Å². The minimum absolute atomic E-state index is 0.432. The van der Waals surface area contributed by atoms with Crippen LogP contribution in [0.2, 0.25) is 0 Å². The van der Waals surface area contributed by atoms with Gasteiger partial charge in [0.25, 0.3) is 0 Å². The highest BCUT2D eigenvalue weighted by Gasteiger charge is 2.44. The first kappa shape index (κ1) is 13.2. The Morgan fingerprint density at radius 3 is 2.18 bits per heavy atom. The van der Waals surface area contributed by atoms with Crippen LogP contribution in [0.15, 0.2) is 28.7 Å². The number of halogens is 1. The smallest absolute Gasteiger partial charge is 0.316 e. The van der Waals surface area contributed by atoms with E-state index in [-0.39, 0.29) is 0 Å². The zero-order chi connectivity index (χ0) is 13.1. The van der Waals surface area contributed by atoms with E-state index >= 15 is 0 Å². The van der Waals surface area contributed by atoms with Crippen molar-refractivity contribution in [2.75, 3.05) is 0 Å². The maximum absolute atomic E-state index is 11.4. The molecule has 5 heteroatoms. The van der Waals surface area contributed by atoms with Crippen molar-refractivity contribution in [2.24, 2.45) is 5.92 Å². The standard InChI is InChI=1S/C12H9BrN2O2/c1-12(11(16)17,9(6-14)7-15)8-2-4-10(13)5-3-8/h2-5,9H,1H3,(H,16,17). The molecular weight excluding hydrogens is 284 g/mol. The molecule has 0 aliphatic heterocycles. The molecule has 0 aliphatic rings. The van der Waals surface area contributed by atoms with Gasteiger partial charge in [-0.1, -0.05) is 28.1 Å². The van der Waals surface area contributed by atoms with Crippen LogP contribution in [-0.4, -0.2) is 11.1 Å². The van der Waals surface area contributed by atoms with Gasteiger partial charge in [-0.05, 0) is 24.6 Å². The van der Waals surface area contributed by atoms with Crippen molar-refractivity contribution in [3.63, 3.8) is 0 Å². The molecule has 1 aromatic rings. The molecule has 0 radical (unpaired) electrons. The number of carbonyl (C=O) groups is 1. The van der Waals surface area contributed by atoms with E-state index in [2.05, 4.69) is 15.9 Å². The quantitative estimate of drug-likeness (QED) is 0.927. The summed E-state index contributed by atoms with van der Waals surface area (Å²) in [5.41, 5.74) is -1.09. The molecule has 1 unspecified atom stereocenters. The second-order valence-electron chi connectivity index (χ2n) is 3.71. The van der Waals surface area contributed by atoms with Gasteiger partial charge in [0, 0.05) is 4.47 Å². The Labute approximate surface area is 107 Å². The SMILES string of the molecule is CC(C(=O)O)(c1ccc(Br)cc1)C(C#N)C#N. The number of hydrogen-bond donors (Lipinski definition) is 1. The van der Waals surface area contributed by atoms with E-state index in [1.54, 1.807) is 36.4 Å². The Hall–Kier alpha value is -1.85. The number of nitrogens with zero attached hydrogens (tertiary/aromatic N) is 2. The van der Waals surface area contributed by atoms with Gasteiger partial charge in [-0.2, -0.15) is 10.5 Å². The summed E-state index contributed by atoms with van der Waals surface area (Å²) in [5, 5.41) is 27.0. The topological polar surface area (TPSA) is 84.9 Å². The summed E-state index contributed by atoms with van der Waals surface area (Å²) in [5.74, 6) is -2.42. The molecule has 0 aliphatic carbocycles. The lowest BCUT2D eigenvalue weighted by Crippen LogP contribution is -2.39. The first-order valence-corrected chi connectivity index (χ1v) is 5.54. The zero-order valence-electron chi connectivity index (χ0n) is 9.01. The fraction of sp³-hybridized carbons (Fsp3) is 0.250. The summed E-state index contributed by atoms with van der Waals surface area (Å²) in [6, 6.07) is 10.0. The molecule has 0 heterocycles. The number of hydrogen-bond acceptors (Lipinski definition) is 3. The lowest BCUT2D eigenvalue weighted by atomic mass is 9.73. The Bertz CT molecular complexity index is 499. The lowest BCUT2D eigenvalue weighted by molar-refractivity contribution is -0.144. The van der Waals surface area contributed by atoms with Crippen molar-refractivity contribution in [3.8, 4) is 12.1 Å². The van der Waals surface area contributed by atoms with Crippen LogP contribution in [0.1, 0.15) is 12.5 Å². The highest BCUT2D eigenvalue weighted by molar-refractivity contribution is 9.10. The summed E-state index contributed by atoms with van der Waals surface area (Å²) in [6.07, 6.45) is 0. The van der Waals surface area contributed by atoms with Crippen LogP contribution in [0.3, 0.4) is 0 Å². The summed E-state index contributed by atoms with van der Waals surface area (Å²) >= 11 is 3.24. The predicted octanol–water partition coefficient (Wildman–Crippen LogP) is 2.45. The molecule has 0 fully saturated rings. The minimum Gasteiger partial charge on any atom is -0.481 e. The van der Waals surface area contributed by atoms with E-state index in [0.717, 1.165) is 4.47 Å². The normalized spacial score (nSPS) is 13.5. The lowest BCUT2D eigenvalue weighted by Gasteiger charge is -2.25. The van der Waals surface area contributed by atoms with Crippen molar-refractivity contribution in [2.45, 2.75) is 12.3 Å². The van der Waals surface area contributed by atoms with Gasteiger partial charge in [-0.3, -0.25) is 4.79 Å². The van der Waals surface area contributed by atoms with E-state index < -0.39 is 17.3 Å². The van der Waals surface area contributed by atoms with E-state index in [9.17, 15) is 9.90 Å². The molecule has 0 spiro atoms. The molecule has 1 N–H and O–H groups in total. The number of benzene rings is 1. The maximum Gasteiger partial charge on any atom is 0.316 e. The molecule has 86 valence electrons. The number of aliphatic carboxylic acids is 1. The van der Waals surface area contributed by atoms with Gasteiger partial charge in [0.1, 0.15) is 5.41 Å². The van der Waals surface area contributed by atoms with E-state index in [1.807, 2.05) is 0 Å². The third-order valence-corrected chi connectivity index (χ3v) is 3.25. The Balaban J connectivity index is 3.37. The van der Waals surface area contributed by atoms with Crippen molar-refractivity contribution in [1.29, 1.82) is 10.5 Å². The first-order chi connectivity index (χ1) is 7.96. The van der Waals surface area contributed by atoms with Crippen LogP contribution in [0, 0.1) is 28.6 Å². The van der Waals surface area contributed by atoms with Crippen molar-refractivity contribution >= 4 is 21.9 Å². The van der Waals surface area contributed by atoms with E-state index in [0.29, 0.717) is 5.56 Å². The average Bonchev–Trinajstić information content (AvgIpc) is 2.30.